The first kappa shape index (κ1) is 57.7. The topological polar surface area (TPSA) is 14.8 Å². The molecule has 99 heavy (non-hydrogen) atoms. The first-order valence-corrected chi connectivity index (χ1v) is 35.4. The van der Waals surface area contributed by atoms with E-state index in [0.29, 0.717) is 0 Å². The van der Waals surface area contributed by atoms with Crippen molar-refractivity contribution in [1.82, 2.24) is 13.7 Å². The quantitative estimate of drug-likeness (QED) is 0.167. The van der Waals surface area contributed by atoms with Gasteiger partial charge in [-0.2, -0.15) is 0 Å². The van der Waals surface area contributed by atoms with Gasteiger partial charge in [-0.3, -0.25) is 0 Å². The SMILES string of the molecule is Brc1ccc2c(c1)c1ccccc1n2-c1ccccc1.CC1(C)c2c(ccc3ccccc23)-c2c1c1c3ccccc3n(-c3ccc4c(c3)c3ccccc3n4-c3ccccc3)c1c1ccccc21.CC1(C)c2c3c(c4ccccc4c2-c2ccc4ccccc4c21)Cc1ccccc1-3. The van der Waals surface area contributed by atoms with E-state index in [1.807, 2.05) is 6.07 Å². The molecule has 0 radical (unpaired) electrons. The summed E-state index contributed by atoms with van der Waals surface area (Å²) < 4.78 is 8.36. The predicted octanol–water partition coefficient (Wildman–Crippen LogP) is 25.9. The van der Waals surface area contributed by atoms with Crippen molar-refractivity contribution in [1.29, 1.82) is 0 Å². The predicted molar refractivity (Wildman–Crippen MR) is 423 cm³/mol. The molecule has 0 spiro atoms. The van der Waals surface area contributed by atoms with Crippen LogP contribution >= 0.6 is 15.9 Å². The van der Waals surface area contributed by atoms with Crippen LogP contribution in [0.25, 0.3) is 159 Å². The van der Waals surface area contributed by atoms with E-state index in [1.165, 1.54) is 192 Å². The molecule has 0 unspecified atom stereocenters. The lowest BCUT2D eigenvalue weighted by Gasteiger charge is -2.26. The maximum absolute atomic E-state index is 3.57. The molecule has 468 valence electrons. The summed E-state index contributed by atoms with van der Waals surface area (Å²) in [5, 5.41) is 18.5. The summed E-state index contributed by atoms with van der Waals surface area (Å²) in [5.41, 5.74) is 28.1. The summed E-state index contributed by atoms with van der Waals surface area (Å²) in [5.74, 6) is 0. The van der Waals surface area contributed by atoms with Crippen molar-refractivity contribution in [2.24, 2.45) is 0 Å². The third kappa shape index (κ3) is 8.30. The number of hydrogen-bond donors (Lipinski definition) is 0. The van der Waals surface area contributed by atoms with Crippen molar-refractivity contribution in [3.8, 4) is 50.4 Å². The highest BCUT2D eigenvalue weighted by molar-refractivity contribution is 9.10. The van der Waals surface area contributed by atoms with Gasteiger partial charge < -0.3 is 13.7 Å². The summed E-state index contributed by atoms with van der Waals surface area (Å²) in [7, 11) is 0. The number of fused-ring (bicyclic) bond motifs is 30. The number of halogens is 1. The second-order valence-electron chi connectivity index (χ2n) is 28.3. The molecule has 0 atom stereocenters. The zero-order valence-corrected chi connectivity index (χ0v) is 57.0. The molecule has 0 N–H and O–H groups in total. The Morgan fingerprint density at radius 2 is 0.697 bits per heavy atom. The van der Waals surface area contributed by atoms with E-state index >= 15 is 0 Å². The van der Waals surface area contributed by atoms with E-state index in [9.17, 15) is 0 Å². The maximum Gasteiger partial charge on any atom is 0.0623 e. The minimum Gasteiger partial charge on any atom is -0.309 e. The minimum atomic E-state index is -0.199. The monoisotopic (exact) mass is 1330 g/mol. The van der Waals surface area contributed by atoms with Crippen molar-refractivity contribution >= 4 is 124 Å². The molecule has 0 bridgehead atoms. The number of benzene rings is 16. The molecule has 16 aromatic carbocycles. The van der Waals surface area contributed by atoms with Crippen LogP contribution in [-0.2, 0) is 17.3 Å². The molecule has 3 heterocycles. The summed E-state index contributed by atoms with van der Waals surface area (Å²) in [6, 6.07) is 115. The van der Waals surface area contributed by atoms with Crippen LogP contribution in [0.1, 0.15) is 61.1 Å². The summed E-state index contributed by atoms with van der Waals surface area (Å²) in [4.78, 5) is 0. The second kappa shape index (κ2) is 21.7. The van der Waals surface area contributed by atoms with E-state index in [1.54, 1.807) is 0 Å². The zero-order valence-electron chi connectivity index (χ0n) is 55.4. The molecule has 0 aliphatic heterocycles. The Hall–Kier alpha value is -11.6. The fourth-order valence-corrected chi connectivity index (χ4v) is 18.8. The smallest absolute Gasteiger partial charge is 0.0623 e. The van der Waals surface area contributed by atoms with Gasteiger partial charge in [0, 0.05) is 70.1 Å². The third-order valence-electron chi connectivity index (χ3n) is 22.3. The van der Waals surface area contributed by atoms with Crippen LogP contribution in [0.5, 0.6) is 0 Å². The maximum atomic E-state index is 3.57. The van der Waals surface area contributed by atoms with Gasteiger partial charge in [0.2, 0.25) is 0 Å². The van der Waals surface area contributed by atoms with E-state index in [-0.39, 0.29) is 10.8 Å². The van der Waals surface area contributed by atoms with Crippen LogP contribution in [0.4, 0.5) is 0 Å². The fourth-order valence-electron chi connectivity index (χ4n) is 18.4. The van der Waals surface area contributed by atoms with Crippen LogP contribution in [0.15, 0.2) is 320 Å². The Bertz CT molecular complexity index is 6630. The summed E-state index contributed by atoms with van der Waals surface area (Å²) in [6.45, 7) is 9.74. The number of rotatable bonds is 3. The van der Waals surface area contributed by atoms with Crippen LogP contribution in [0.3, 0.4) is 0 Å². The average Bonchev–Trinajstić information content (AvgIpc) is 1.51. The molecule has 0 amide bonds. The van der Waals surface area contributed by atoms with Gasteiger partial charge in [0.25, 0.3) is 0 Å². The molecule has 3 nitrogen and oxygen atoms in total. The van der Waals surface area contributed by atoms with Crippen LogP contribution < -0.4 is 0 Å². The van der Waals surface area contributed by atoms with Gasteiger partial charge in [0.1, 0.15) is 0 Å². The highest BCUT2D eigenvalue weighted by Gasteiger charge is 2.44. The zero-order chi connectivity index (χ0) is 66.0. The molecule has 0 saturated heterocycles. The molecular formula is C95H66BrN3. The molecule has 3 aliphatic rings. The van der Waals surface area contributed by atoms with Crippen molar-refractivity contribution in [3.63, 3.8) is 0 Å². The number of aromatic nitrogens is 3. The number of hydrogen-bond acceptors (Lipinski definition) is 0. The molecule has 4 heteroatoms. The van der Waals surface area contributed by atoms with Gasteiger partial charge in [-0.05, 0) is 190 Å². The van der Waals surface area contributed by atoms with Gasteiger partial charge in [0.05, 0.1) is 33.1 Å². The van der Waals surface area contributed by atoms with Gasteiger partial charge in [-0.25, -0.2) is 0 Å². The molecule has 19 aromatic rings. The van der Waals surface area contributed by atoms with Crippen molar-refractivity contribution in [2.45, 2.75) is 44.9 Å². The number of para-hydroxylation sites is 5. The van der Waals surface area contributed by atoms with Gasteiger partial charge in [-0.15, -0.1) is 0 Å². The molecule has 22 rings (SSSR count). The largest absolute Gasteiger partial charge is 0.309 e. The lowest BCUT2D eigenvalue weighted by molar-refractivity contribution is 0.668. The Labute approximate surface area is 582 Å². The molecule has 0 saturated carbocycles. The lowest BCUT2D eigenvalue weighted by atomic mass is 9.76. The first-order valence-electron chi connectivity index (χ1n) is 34.6. The molecule has 3 aromatic heterocycles. The molecule has 0 fully saturated rings. The van der Waals surface area contributed by atoms with Gasteiger partial charge >= 0.3 is 0 Å². The van der Waals surface area contributed by atoms with Crippen molar-refractivity contribution < 1.29 is 0 Å². The molecular weight excluding hydrogens is 1260 g/mol. The summed E-state index contributed by atoms with van der Waals surface area (Å²) >= 11 is 3.57. The normalized spacial score (nSPS) is 13.6. The second-order valence-corrected chi connectivity index (χ2v) is 29.2. The Morgan fingerprint density at radius 3 is 1.29 bits per heavy atom. The standard InChI is InChI=1S/C47H32N2.C30H22.C18H12BrN/c1-47(2)44-32-17-7-6-14-29(32)24-26-37(44)42-34-19-8-9-20-35(34)46-43(45(42)47)36-21-11-13-23-40(36)49(46)31-25-27-41-38(28-31)33-18-10-12-22-39(33)48(41)30-15-4-3-5-16-30;1-30(2)28-21-12-6-3-9-18(21)15-16-24(28)27-23-14-8-7-13-22(23)25-17-19-10-4-5-11-20(19)26(25)29(27)30;19-13-10-11-18-16(12-13)15-8-4-5-9-17(15)20(18)14-6-2-1-3-7-14/h3-28H,1-2H3;3-16H,17H2,1-2H3;1-12H. The summed E-state index contributed by atoms with van der Waals surface area (Å²) in [6.07, 6.45) is 1.03. The fraction of sp³-hybridized carbons (Fsp3) is 0.0737. The van der Waals surface area contributed by atoms with Crippen molar-refractivity contribution in [3.05, 3.63) is 353 Å². The van der Waals surface area contributed by atoms with E-state index in [0.717, 1.165) is 10.9 Å². The van der Waals surface area contributed by atoms with Gasteiger partial charge in [0.15, 0.2) is 0 Å². The molecule has 3 aliphatic carbocycles. The van der Waals surface area contributed by atoms with Crippen LogP contribution in [0, 0.1) is 0 Å². The third-order valence-corrected chi connectivity index (χ3v) is 22.8. The first-order chi connectivity index (χ1) is 48.6. The highest BCUT2D eigenvalue weighted by Crippen LogP contribution is 2.61. The van der Waals surface area contributed by atoms with Crippen molar-refractivity contribution in [2.75, 3.05) is 0 Å². The van der Waals surface area contributed by atoms with E-state index in [2.05, 4.69) is 367 Å². The Morgan fingerprint density at radius 1 is 0.273 bits per heavy atom. The Balaban J connectivity index is 0.000000112. The highest BCUT2D eigenvalue weighted by atomic mass is 79.9. The van der Waals surface area contributed by atoms with E-state index < -0.39 is 0 Å². The van der Waals surface area contributed by atoms with Gasteiger partial charge in [-0.1, -0.05) is 280 Å². The van der Waals surface area contributed by atoms with Crippen LogP contribution in [0.2, 0.25) is 0 Å². The van der Waals surface area contributed by atoms with E-state index in [4.69, 9.17) is 0 Å². The lowest BCUT2D eigenvalue weighted by Crippen LogP contribution is -2.17. The van der Waals surface area contributed by atoms with Crippen LogP contribution in [-0.4, -0.2) is 13.7 Å². The Kier molecular flexibility index (Phi) is 12.7. The number of nitrogens with zero attached hydrogens (tertiary/aromatic N) is 3. The minimum absolute atomic E-state index is 0.0445. The average molecular weight is 1330 g/mol.